The molecule has 0 aliphatic heterocycles. The minimum absolute atomic E-state index is 0.0182. The number of alkyl halides is 2. The van der Waals surface area contributed by atoms with Crippen molar-refractivity contribution in [1.29, 1.82) is 0 Å². The molecule has 0 aliphatic carbocycles. The Morgan fingerprint density at radius 3 is 1.83 bits per heavy atom. The maximum atomic E-state index is 14.8. The summed E-state index contributed by atoms with van der Waals surface area (Å²) in [6.45, 7) is 1.81. The molecule has 0 radical (unpaired) electrons. The second-order valence-electron chi connectivity index (χ2n) is 7.67. The molecule has 0 N–H and O–H groups in total. The van der Waals surface area contributed by atoms with Crippen LogP contribution in [-0.2, 0) is 6.11 Å². The summed E-state index contributed by atoms with van der Waals surface area (Å²) >= 11 is 5.90. The standard InChI is InChI=1S/C26H14ClF7O/c1-13-2-4-14(5-3-13)16-11-20(30)23(21(31)12-16)26(33,34)35-22-9-7-17(24(27)25(22)32)15-6-8-18(28)19(29)10-15/h2-12H,1H3. The molecule has 0 saturated carbocycles. The Labute approximate surface area is 200 Å². The lowest BCUT2D eigenvalue weighted by Crippen LogP contribution is -2.25. The van der Waals surface area contributed by atoms with E-state index in [1.807, 2.05) is 6.92 Å². The van der Waals surface area contributed by atoms with E-state index in [9.17, 15) is 30.7 Å². The van der Waals surface area contributed by atoms with Crippen LogP contribution in [0, 0.1) is 36.0 Å². The highest BCUT2D eigenvalue weighted by molar-refractivity contribution is 6.33. The van der Waals surface area contributed by atoms with Gasteiger partial charge in [0.1, 0.15) is 17.2 Å². The first-order valence-electron chi connectivity index (χ1n) is 10.0. The van der Waals surface area contributed by atoms with E-state index in [1.165, 1.54) is 0 Å². The number of hydrogen-bond acceptors (Lipinski definition) is 1. The molecular weight excluding hydrogens is 497 g/mol. The minimum atomic E-state index is -4.62. The van der Waals surface area contributed by atoms with Gasteiger partial charge in [-0.1, -0.05) is 47.5 Å². The second kappa shape index (κ2) is 9.26. The number of aryl methyl sites for hydroxylation is 1. The summed E-state index contributed by atoms with van der Waals surface area (Å²) in [5.74, 6) is -8.17. The lowest BCUT2D eigenvalue weighted by molar-refractivity contribution is -0.190. The molecule has 4 aromatic carbocycles. The lowest BCUT2D eigenvalue weighted by Gasteiger charge is -2.21. The third kappa shape index (κ3) is 4.84. The van der Waals surface area contributed by atoms with Crippen LogP contribution in [0.25, 0.3) is 22.3 Å². The summed E-state index contributed by atoms with van der Waals surface area (Å²) in [6, 6.07) is 12.3. The average Bonchev–Trinajstić information content (AvgIpc) is 2.79. The van der Waals surface area contributed by atoms with E-state index in [-0.39, 0.29) is 16.7 Å². The zero-order valence-corrected chi connectivity index (χ0v) is 18.5. The van der Waals surface area contributed by atoms with Crippen molar-refractivity contribution in [2.24, 2.45) is 0 Å². The Bertz CT molecular complexity index is 1400. The van der Waals surface area contributed by atoms with Gasteiger partial charge in [0.15, 0.2) is 23.2 Å². The molecule has 180 valence electrons. The van der Waals surface area contributed by atoms with Gasteiger partial charge in [0, 0.05) is 5.56 Å². The summed E-state index contributed by atoms with van der Waals surface area (Å²) in [5, 5.41) is -0.736. The van der Waals surface area contributed by atoms with Crippen molar-refractivity contribution in [3.05, 3.63) is 112 Å². The van der Waals surface area contributed by atoms with E-state index in [4.69, 9.17) is 11.6 Å². The molecule has 0 unspecified atom stereocenters. The van der Waals surface area contributed by atoms with E-state index >= 15 is 0 Å². The van der Waals surface area contributed by atoms with Crippen molar-refractivity contribution in [1.82, 2.24) is 0 Å². The summed E-state index contributed by atoms with van der Waals surface area (Å²) in [7, 11) is 0. The Morgan fingerprint density at radius 1 is 0.657 bits per heavy atom. The molecule has 0 spiro atoms. The van der Waals surface area contributed by atoms with Crippen molar-refractivity contribution in [2.75, 3.05) is 0 Å². The molecule has 4 rings (SSSR count). The van der Waals surface area contributed by atoms with Gasteiger partial charge in [-0.25, -0.2) is 22.0 Å². The van der Waals surface area contributed by atoms with Crippen LogP contribution < -0.4 is 4.74 Å². The van der Waals surface area contributed by atoms with Gasteiger partial charge in [0.25, 0.3) is 0 Å². The number of hydrogen-bond donors (Lipinski definition) is 0. The molecule has 35 heavy (non-hydrogen) atoms. The summed E-state index contributed by atoms with van der Waals surface area (Å²) < 4.78 is 105. The first kappa shape index (κ1) is 24.6. The van der Waals surface area contributed by atoms with Gasteiger partial charge in [-0.3, -0.25) is 0 Å². The second-order valence-corrected chi connectivity index (χ2v) is 8.05. The molecule has 0 bridgehead atoms. The summed E-state index contributed by atoms with van der Waals surface area (Å²) in [5.41, 5.74) is -0.580. The van der Waals surface area contributed by atoms with E-state index in [0.717, 1.165) is 48.0 Å². The maximum Gasteiger partial charge on any atom is 0.432 e. The maximum absolute atomic E-state index is 14.8. The van der Waals surface area contributed by atoms with E-state index in [0.29, 0.717) is 5.56 Å². The van der Waals surface area contributed by atoms with Gasteiger partial charge >= 0.3 is 6.11 Å². The van der Waals surface area contributed by atoms with Crippen molar-refractivity contribution >= 4 is 11.6 Å². The van der Waals surface area contributed by atoms with Crippen LogP contribution in [0.1, 0.15) is 11.1 Å². The molecule has 0 heterocycles. The highest BCUT2D eigenvalue weighted by atomic mass is 35.5. The highest BCUT2D eigenvalue weighted by Crippen LogP contribution is 2.41. The van der Waals surface area contributed by atoms with Gasteiger partial charge < -0.3 is 4.74 Å². The number of rotatable bonds is 5. The number of ether oxygens (including phenoxy) is 1. The first-order chi connectivity index (χ1) is 16.5. The topological polar surface area (TPSA) is 9.23 Å². The molecular formula is C26H14ClF7O. The van der Waals surface area contributed by atoms with Gasteiger partial charge in [0.05, 0.1) is 5.02 Å². The smallest absolute Gasteiger partial charge is 0.426 e. The monoisotopic (exact) mass is 510 g/mol. The fraction of sp³-hybridized carbons (Fsp3) is 0.0769. The first-order valence-corrected chi connectivity index (χ1v) is 10.4. The molecule has 0 amide bonds. The number of halogens is 8. The third-order valence-electron chi connectivity index (χ3n) is 5.23. The quantitative estimate of drug-likeness (QED) is 0.244. The van der Waals surface area contributed by atoms with Crippen LogP contribution in [0.3, 0.4) is 0 Å². The Hall–Kier alpha value is -3.52. The van der Waals surface area contributed by atoms with E-state index < -0.39 is 51.5 Å². The van der Waals surface area contributed by atoms with Crippen LogP contribution in [0.5, 0.6) is 5.75 Å². The van der Waals surface area contributed by atoms with E-state index in [2.05, 4.69) is 4.74 Å². The fourth-order valence-corrected chi connectivity index (χ4v) is 3.72. The van der Waals surface area contributed by atoms with Crippen molar-refractivity contribution in [3.8, 4) is 28.0 Å². The Balaban J connectivity index is 1.67. The predicted octanol–water partition coefficient (Wildman–Crippen LogP) is 8.81. The third-order valence-corrected chi connectivity index (χ3v) is 5.60. The van der Waals surface area contributed by atoms with Crippen molar-refractivity contribution in [2.45, 2.75) is 13.0 Å². The highest BCUT2D eigenvalue weighted by Gasteiger charge is 2.42. The lowest BCUT2D eigenvalue weighted by atomic mass is 10.0. The fourth-order valence-electron chi connectivity index (χ4n) is 3.45. The largest absolute Gasteiger partial charge is 0.432 e. The van der Waals surface area contributed by atoms with Crippen molar-refractivity contribution in [3.63, 3.8) is 0 Å². The van der Waals surface area contributed by atoms with Crippen LogP contribution in [0.4, 0.5) is 30.7 Å². The molecule has 4 aromatic rings. The summed E-state index contributed by atoms with van der Waals surface area (Å²) in [4.78, 5) is 0. The number of benzene rings is 4. The van der Waals surface area contributed by atoms with Gasteiger partial charge in [0.2, 0.25) is 0 Å². The Kier molecular flexibility index (Phi) is 6.51. The predicted molar refractivity (Wildman–Crippen MR) is 118 cm³/mol. The minimum Gasteiger partial charge on any atom is -0.426 e. The van der Waals surface area contributed by atoms with Gasteiger partial charge in [-0.05, 0) is 60.0 Å². The summed E-state index contributed by atoms with van der Waals surface area (Å²) in [6.07, 6.45) is -4.62. The van der Waals surface area contributed by atoms with Gasteiger partial charge in [-0.2, -0.15) is 8.78 Å². The molecule has 0 aliphatic rings. The SMILES string of the molecule is Cc1ccc(-c2cc(F)c(C(F)(F)Oc3ccc(-c4ccc(F)c(F)c4)c(Cl)c3F)c(F)c2)cc1. The van der Waals surface area contributed by atoms with Crippen LogP contribution in [0.2, 0.25) is 5.02 Å². The molecule has 0 atom stereocenters. The molecule has 1 nitrogen and oxygen atoms in total. The molecule has 0 saturated heterocycles. The molecule has 0 fully saturated rings. The molecule has 0 aromatic heterocycles. The normalized spacial score (nSPS) is 11.6. The van der Waals surface area contributed by atoms with Crippen molar-refractivity contribution < 1.29 is 35.5 Å². The van der Waals surface area contributed by atoms with Gasteiger partial charge in [-0.15, -0.1) is 0 Å². The zero-order chi connectivity index (χ0) is 25.5. The average molecular weight is 511 g/mol. The van der Waals surface area contributed by atoms with Crippen LogP contribution in [0.15, 0.2) is 66.7 Å². The molecule has 9 heteroatoms. The van der Waals surface area contributed by atoms with Crippen LogP contribution >= 0.6 is 11.6 Å². The van der Waals surface area contributed by atoms with Crippen LogP contribution in [-0.4, -0.2) is 0 Å². The Morgan fingerprint density at radius 2 is 1.23 bits per heavy atom. The van der Waals surface area contributed by atoms with E-state index in [1.54, 1.807) is 24.3 Å². The zero-order valence-electron chi connectivity index (χ0n) is 17.8.